The number of aryl methyl sites for hydroxylation is 1. The average molecular weight is 412 g/mol. The van der Waals surface area contributed by atoms with Crippen LogP contribution in [-0.4, -0.2) is 52.8 Å². The summed E-state index contributed by atoms with van der Waals surface area (Å²) >= 11 is 0. The number of ether oxygens (including phenoxy) is 1. The van der Waals surface area contributed by atoms with Crippen molar-refractivity contribution in [1.29, 1.82) is 0 Å². The van der Waals surface area contributed by atoms with Crippen molar-refractivity contribution in [2.24, 2.45) is 0 Å². The van der Waals surface area contributed by atoms with Gasteiger partial charge in [0.25, 0.3) is 5.56 Å². The maximum Gasteiger partial charge on any atom is 0.250 e. The van der Waals surface area contributed by atoms with Crippen LogP contribution < -0.4 is 15.8 Å². The first kappa shape index (κ1) is 20.5. The molecule has 0 radical (unpaired) electrons. The molecule has 1 N–H and O–H groups in total. The minimum absolute atomic E-state index is 0.0334. The second kappa shape index (κ2) is 9.38. The molecule has 1 atom stereocenters. The lowest BCUT2D eigenvalue weighted by atomic mass is 9.96. The largest absolute Gasteiger partial charge is 0.381 e. The van der Waals surface area contributed by atoms with Crippen LogP contribution in [0.3, 0.4) is 0 Å². The summed E-state index contributed by atoms with van der Waals surface area (Å²) in [6.07, 6.45) is 4.98. The van der Waals surface area contributed by atoms with Crippen LogP contribution in [0, 0.1) is 6.92 Å². The zero-order valence-electron chi connectivity index (χ0n) is 17.4. The molecular formula is C22H29N5O3. The van der Waals surface area contributed by atoms with Crippen molar-refractivity contribution < 1.29 is 9.53 Å². The third-order valence-electron chi connectivity index (χ3n) is 5.97. The molecule has 2 aromatic rings. The van der Waals surface area contributed by atoms with Gasteiger partial charge in [-0.1, -0.05) is 6.07 Å². The number of hydrogen-bond acceptors (Lipinski definition) is 6. The Labute approximate surface area is 176 Å². The topological polar surface area (TPSA) is 89.4 Å². The third-order valence-corrected chi connectivity index (χ3v) is 5.97. The van der Waals surface area contributed by atoms with Gasteiger partial charge in [-0.2, -0.15) is 0 Å². The van der Waals surface area contributed by atoms with Gasteiger partial charge in [-0.15, -0.1) is 0 Å². The SMILES string of the molecule is Cc1cccc(=O)n1CCC(=O)NC1CCN(c2nccc(C3CCOCC3)n2)C1. The lowest BCUT2D eigenvalue weighted by Gasteiger charge is -2.23. The fourth-order valence-electron chi connectivity index (χ4n) is 4.22. The van der Waals surface area contributed by atoms with Crippen LogP contribution in [0.2, 0.25) is 0 Å². The van der Waals surface area contributed by atoms with Crippen LogP contribution in [0.4, 0.5) is 5.95 Å². The van der Waals surface area contributed by atoms with E-state index in [0.29, 0.717) is 19.0 Å². The van der Waals surface area contributed by atoms with Crippen LogP contribution in [0.15, 0.2) is 35.3 Å². The molecule has 2 saturated heterocycles. The molecule has 160 valence electrons. The number of carbonyl (C=O) groups excluding carboxylic acids is 1. The first-order valence-corrected chi connectivity index (χ1v) is 10.7. The van der Waals surface area contributed by atoms with Crippen molar-refractivity contribution in [3.63, 3.8) is 0 Å². The van der Waals surface area contributed by atoms with Gasteiger partial charge in [-0.05, 0) is 38.3 Å². The van der Waals surface area contributed by atoms with Gasteiger partial charge in [-0.25, -0.2) is 9.97 Å². The second-order valence-electron chi connectivity index (χ2n) is 8.07. The molecule has 2 aliphatic heterocycles. The van der Waals surface area contributed by atoms with E-state index in [2.05, 4.69) is 15.2 Å². The van der Waals surface area contributed by atoms with Crippen molar-refractivity contribution in [2.75, 3.05) is 31.2 Å². The Bertz CT molecular complexity index is 938. The van der Waals surface area contributed by atoms with Gasteiger partial charge < -0.3 is 19.5 Å². The van der Waals surface area contributed by atoms with E-state index >= 15 is 0 Å². The van der Waals surface area contributed by atoms with Gasteiger partial charge in [-0.3, -0.25) is 9.59 Å². The zero-order chi connectivity index (χ0) is 20.9. The predicted octanol–water partition coefficient (Wildman–Crippen LogP) is 1.63. The summed E-state index contributed by atoms with van der Waals surface area (Å²) in [5.74, 6) is 1.14. The molecule has 0 bridgehead atoms. The normalized spacial score (nSPS) is 19.8. The highest BCUT2D eigenvalue weighted by Gasteiger charge is 2.26. The fraction of sp³-hybridized carbons (Fsp3) is 0.545. The van der Waals surface area contributed by atoms with E-state index in [9.17, 15) is 9.59 Å². The van der Waals surface area contributed by atoms with Crippen LogP contribution in [0.25, 0.3) is 0 Å². The molecule has 2 aromatic heterocycles. The Kier molecular flexibility index (Phi) is 6.42. The molecule has 1 amide bonds. The number of carbonyl (C=O) groups is 1. The number of nitrogens with one attached hydrogen (secondary N) is 1. The zero-order valence-corrected chi connectivity index (χ0v) is 17.4. The summed E-state index contributed by atoms with van der Waals surface area (Å²) in [6, 6.07) is 7.21. The number of hydrogen-bond donors (Lipinski definition) is 1. The van der Waals surface area contributed by atoms with E-state index in [1.807, 2.05) is 25.3 Å². The molecule has 8 heteroatoms. The molecule has 0 aliphatic carbocycles. The number of amides is 1. The van der Waals surface area contributed by atoms with E-state index in [-0.39, 0.29) is 23.9 Å². The molecule has 2 fully saturated rings. The van der Waals surface area contributed by atoms with Gasteiger partial charge in [0.1, 0.15) is 0 Å². The number of pyridine rings is 1. The molecule has 8 nitrogen and oxygen atoms in total. The summed E-state index contributed by atoms with van der Waals surface area (Å²) in [5, 5.41) is 3.10. The Morgan fingerprint density at radius 3 is 2.87 bits per heavy atom. The van der Waals surface area contributed by atoms with E-state index in [1.165, 1.54) is 6.07 Å². The molecular weight excluding hydrogens is 382 g/mol. The average Bonchev–Trinajstić information content (AvgIpc) is 3.22. The molecule has 4 rings (SSSR count). The van der Waals surface area contributed by atoms with E-state index in [4.69, 9.17) is 9.72 Å². The highest BCUT2D eigenvalue weighted by molar-refractivity contribution is 5.76. The van der Waals surface area contributed by atoms with Crippen molar-refractivity contribution >= 4 is 11.9 Å². The minimum atomic E-state index is -0.0728. The van der Waals surface area contributed by atoms with Crippen molar-refractivity contribution in [3.8, 4) is 0 Å². The van der Waals surface area contributed by atoms with Crippen molar-refractivity contribution in [1.82, 2.24) is 19.9 Å². The molecule has 0 spiro atoms. The van der Waals surface area contributed by atoms with E-state index in [0.717, 1.165) is 56.4 Å². The smallest absolute Gasteiger partial charge is 0.250 e. The second-order valence-corrected chi connectivity index (χ2v) is 8.07. The van der Waals surface area contributed by atoms with Gasteiger partial charge in [0.2, 0.25) is 11.9 Å². The van der Waals surface area contributed by atoms with Crippen molar-refractivity contribution in [2.45, 2.75) is 51.1 Å². The van der Waals surface area contributed by atoms with E-state index < -0.39 is 0 Å². The van der Waals surface area contributed by atoms with Crippen molar-refractivity contribution in [3.05, 3.63) is 52.2 Å². The van der Waals surface area contributed by atoms with Gasteiger partial charge >= 0.3 is 0 Å². The summed E-state index contributed by atoms with van der Waals surface area (Å²) < 4.78 is 7.09. The van der Waals surface area contributed by atoms with E-state index in [1.54, 1.807) is 10.6 Å². The summed E-state index contributed by atoms with van der Waals surface area (Å²) in [6.45, 7) is 5.37. The number of rotatable bonds is 6. The number of nitrogens with zero attached hydrogens (tertiary/aromatic N) is 4. The highest BCUT2D eigenvalue weighted by atomic mass is 16.5. The lowest BCUT2D eigenvalue weighted by Crippen LogP contribution is -2.38. The maximum absolute atomic E-state index is 12.4. The molecule has 1 unspecified atom stereocenters. The van der Waals surface area contributed by atoms with Crippen LogP contribution in [0.5, 0.6) is 0 Å². The van der Waals surface area contributed by atoms with Gasteiger partial charge in [0.05, 0.1) is 0 Å². The summed E-state index contributed by atoms with van der Waals surface area (Å²) in [7, 11) is 0. The monoisotopic (exact) mass is 411 g/mol. The molecule has 0 aromatic carbocycles. The third kappa shape index (κ3) is 4.87. The summed E-state index contributed by atoms with van der Waals surface area (Å²) in [5.41, 5.74) is 1.87. The molecule has 0 saturated carbocycles. The van der Waals surface area contributed by atoms with Gasteiger partial charge in [0.15, 0.2) is 0 Å². The quantitative estimate of drug-likeness (QED) is 0.777. The first-order chi connectivity index (χ1) is 14.6. The molecule has 4 heterocycles. The Morgan fingerprint density at radius 1 is 1.23 bits per heavy atom. The Balaban J connectivity index is 1.30. The number of anilines is 1. The molecule has 2 aliphatic rings. The van der Waals surface area contributed by atoms with Crippen LogP contribution in [0.1, 0.15) is 43.0 Å². The molecule has 30 heavy (non-hydrogen) atoms. The van der Waals surface area contributed by atoms with Crippen LogP contribution >= 0.6 is 0 Å². The van der Waals surface area contributed by atoms with Crippen LogP contribution in [-0.2, 0) is 16.1 Å². The minimum Gasteiger partial charge on any atom is -0.381 e. The Hall–Kier alpha value is -2.74. The predicted molar refractivity (Wildman–Crippen MR) is 114 cm³/mol. The number of aromatic nitrogens is 3. The fourth-order valence-corrected chi connectivity index (χ4v) is 4.22. The Morgan fingerprint density at radius 2 is 2.07 bits per heavy atom. The van der Waals surface area contributed by atoms with Gasteiger partial charge in [0, 0.05) is 74.9 Å². The highest BCUT2D eigenvalue weighted by Crippen LogP contribution is 2.26. The lowest BCUT2D eigenvalue weighted by molar-refractivity contribution is -0.121. The first-order valence-electron chi connectivity index (χ1n) is 10.7. The maximum atomic E-state index is 12.4. The standard InChI is InChI=1S/C22H29N5O3/c1-16-3-2-4-21(29)27(16)12-7-20(28)24-18-6-11-26(15-18)22-23-10-5-19(25-22)17-8-13-30-14-9-17/h2-5,10,17-18H,6-9,11-15H2,1H3,(H,24,28). The summed E-state index contributed by atoms with van der Waals surface area (Å²) in [4.78, 5) is 35.7.